The second kappa shape index (κ2) is 6.41. The molecular formula is C14H19ClFNO2S. The van der Waals surface area contributed by atoms with Gasteiger partial charge in [-0.05, 0) is 37.5 Å². The van der Waals surface area contributed by atoms with Crippen LogP contribution >= 0.6 is 11.6 Å². The van der Waals surface area contributed by atoms with E-state index in [1.165, 1.54) is 16.4 Å². The smallest absolute Gasteiger partial charge is 0.207 e. The lowest BCUT2D eigenvalue weighted by Gasteiger charge is -2.28. The number of hydrogen-bond acceptors (Lipinski definition) is 2. The van der Waals surface area contributed by atoms with Gasteiger partial charge in [-0.1, -0.05) is 18.9 Å². The Morgan fingerprint density at radius 2 is 2.00 bits per heavy atom. The standard InChI is InChI=1S/C14H19ClFNO2S/c1-11-6-7-12(16)10-14(11)20(18,19)17(9-8-15)13-4-2-3-5-13/h6-7,10,13H,2-5,8-9H2,1H3. The van der Waals surface area contributed by atoms with Gasteiger partial charge in [-0.25, -0.2) is 12.8 Å². The van der Waals surface area contributed by atoms with Crippen LogP contribution in [0.1, 0.15) is 31.2 Å². The van der Waals surface area contributed by atoms with Crippen LogP contribution < -0.4 is 0 Å². The van der Waals surface area contributed by atoms with Crippen LogP contribution in [-0.4, -0.2) is 31.2 Å². The Kier molecular flexibility index (Phi) is 5.04. The maximum absolute atomic E-state index is 13.4. The normalized spacial score (nSPS) is 17.0. The fourth-order valence-corrected chi connectivity index (χ4v) is 4.96. The minimum absolute atomic E-state index is 0.0126. The van der Waals surface area contributed by atoms with Crippen molar-refractivity contribution in [3.05, 3.63) is 29.6 Å². The summed E-state index contributed by atoms with van der Waals surface area (Å²) in [5, 5.41) is 0. The summed E-state index contributed by atoms with van der Waals surface area (Å²) in [5.74, 6) is -0.296. The first-order valence-corrected chi connectivity index (χ1v) is 8.78. The van der Waals surface area contributed by atoms with E-state index in [0.717, 1.165) is 31.7 Å². The lowest BCUT2D eigenvalue weighted by molar-refractivity contribution is 0.336. The predicted octanol–water partition coefficient (Wildman–Crippen LogP) is 3.31. The van der Waals surface area contributed by atoms with E-state index in [9.17, 15) is 12.8 Å². The summed E-state index contributed by atoms with van der Waals surface area (Å²) in [6.45, 7) is 1.95. The molecule has 0 atom stereocenters. The molecule has 0 heterocycles. The van der Waals surface area contributed by atoms with Crippen molar-refractivity contribution in [2.45, 2.75) is 43.5 Å². The molecule has 1 aliphatic carbocycles. The minimum atomic E-state index is -3.69. The molecule has 0 N–H and O–H groups in total. The summed E-state index contributed by atoms with van der Waals surface area (Å²) in [6.07, 6.45) is 3.76. The highest BCUT2D eigenvalue weighted by atomic mass is 35.5. The lowest BCUT2D eigenvalue weighted by Crippen LogP contribution is -2.40. The molecule has 0 aromatic heterocycles. The van der Waals surface area contributed by atoms with Crippen molar-refractivity contribution in [2.75, 3.05) is 12.4 Å². The molecular weight excluding hydrogens is 301 g/mol. The molecule has 0 saturated heterocycles. The number of aryl methyl sites for hydroxylation is 1. The van der Waals surface area contributed by atoms with Gasteiger partial charge in [0.15, 0.2) is 0 Å². The summed E-state index contributed by atoms with van der Waals surface area (Å²) < 4.78 is 40.4. The van der Waals surface area contributed by atoms with Gasteiger partial charge in [-0.15, -0.1) is 11.6 Å². The second-order valence-electron chi connectivity index (χ2n) is 5.15. The molecule has 0 radical (unpaired) electrons. The van der Waals surface area contributed by atoms with Gasteiger partial charge in [-0.2, -0.15) is 4.31 Å². The van der Waals surface area contributed by atoms with Gasteiger partial charge >= 0.3 is 0 Å². The van der Waals surface area contributed by atoms with E-state index in [4.69, 9.17) is 11.6 Å². The maximum atomic E-state index is 13.4. The van der Waals surface area contributed by atoms with Crippen LogP contribution in [-0.2, 0) is 10.0 Å². The monoisotopic (exact) mass is 319 g/mol. The third-order valence-corrected chi connectivity index (χ3v) is 6.04. The zero-order valence-electron chi connectivity index (χ0n) is 11.5. The first kappa shape index (κ1) is 15.7. The van der Waals surface area contributed by atoms with Crippen molar-refractivity contribution in [3.63, 3.8) is 0 Å². The Morgan fingerprint density at radius 3 is 2.60 bits per heavy atom. The minimum Gasteiger partial charge on any atom is -0.207 e. The number of nitrogens with zero attached hydrogens (tertiary/aromatic N) is 1. The van der Waals surface area contributed by atoms with Gasteiger partial charge in [0.05, 0.1) is 4.90 Å². The van der Waals surface area contributed by atoms with Crippen molar-refractivity contribution in [1.29, 1.82) is 0 Å². The van der Waals surface area contributed by atoms with Crippen molar-refractivity contribution in [3.8, 4) is 0 Å². The Bertz CT molecular complexity index is 571. The lowest BCUT2D eigenvalue weighted by atomic mass is 10.2. The summed E-state index contributed by atoms with van der Waals surface area (Å²) in [5.41, 5.74) is 0.559. The second-order valence-corrected chi connectivity index (χ2v) is 7.39. The van der Waals surface area contributed by atoms with E-state index < -0.39 is 15.8 Å². The highest BCUT2D eigenvalue weighted by Gasteiger charge is 2.33. The van der Waals surface area contributed by atoms with E-state index in [0.29, 0.717) is 5.56 Å². The highest BCUT2D eigenvalue weighted by molar-refractivity contribution is 7.89. The van der Waals surface area contributed by atoms with Crippen molar-refractivity contribution < 1.29 is 12.8 Å². The van der Waals surface area contributed by atoms with Crippen LogP contribution in [0.2, 0.25) is 0 Å². The summed E-state index contributed by atoms with van der Waals surface area (Å²) in [6, 6.07) is 3.85. The van der Waals surface area contributed by atoms with Gasteiger partial charge in [0.2, 0.25) is 10.0 Å². The summed E-state index contributed by atoms with van der Waals surface area (Å²) in [7, 11) is -3.69. The molecule has 1 aliphatic rings. The average molecular weight is 320 g/mol. The van der Waals surface area contributed by atoms with Crippen molar-refractivity contribution >= 4 is 21.6 Å². The van der Waals surface area contributed by atoms with Gasteiger partial charge in [0, 0.05) is 18.5 Å². The Balaban J connectivity index is 2.41. The van der Waals surface area contributed by atoms with Crippen LogP contribution in [0.4, 0.5) is 4.39 Å². The number of halogens is 2. The average Bonchev–Trinajstić information content (AvgIpc) is 2.92. The Morgan fingerprint density at radius 1 is 1.35 bits per heavy atom. The third-order valence-electron chi connectivity index (χ3n) is 3.77. The Hall–Kier alpha value is -0.650. The molecule has 0 bridgehead atoms. The van der Waals surface area contributed by atoms with E-state index in [1.54, 1.807) is 6.92 Å². The molecule has 0 aliphatic heterocycles. The zero-order chi connectivity index (χ0) is 14.8. The number of rotatable bonds is 5. The molecule has 1 aromatic rings. The Labute approximate surface area is 124 Å². The fraction of sp³-hybridized carbons (Fsp3) is 0.571. The number of benzene rings is 1. The molecule has 1 fully saturated rings. The van der Waals surface area contributed by atoms with Crippen molar-refractivity contribution in [1.82, 2.24) is 4.31 Å². The molecule has 3 nitrogen and oxygen atoms in total. The van der Waals surface area contributed by atoms with Gasteiger partial charge in [-0.3, -0.25) is 0 Å². The van der Waals surface area contributed by atoms with Gasteiger partial charge in [0.1, 0.15) is 5.82 Å². The predicted molar refractivity (Wildman–Crippen MR) is 78.0 cm³/mol. The van der Waals surface area contributed by atoms with Gasteiger partial charge in [0.25, 0.3) is 0 Å². The summed E-state index contributed by atoms with van der Waals surface area (Å²) in [4.78, 5) is 0.0505. The molecule has 1 aromatic carbocycles. The topological polar surface area (TPSA) is 37.4 Å². The number of sulfonamides is 1. The van der Waals surface area contributed by atoms with E-state index in [-0.39, 0.29) is 23.4 Å². The largest absolute Gasteiger partial charge is 0.243 e. The first-order chi connectivity index (χ1) is 9.46. The molecule has 0 spiro atoms. The van der Waals surface area contributed by atoms with Crippen LogP contribution in [0.3, 0.4) is 0 Å². The van der Waals surface area contributed by atoms with E-state index >= 15 is 0 Å². The number of alkyl halides is 1. The van der Waals surface area contributed by atoms with Crippen LogP contribution in [0.25, 0.3) is 0 Å². The van der Waals surface area contributed by atoms with Crippen molar-refractivity contribution in [2.24, 2.45) is 0 Å². The maximum Gasteiger partial charge on any atom is 0.243 e. The van der Waals surface area contributed by atoms with E-state index in [1.807, 2.05) is 0 Å². The van der Waals surface area contributed by atoms with Crippen LogP contribution in [0.5, 0.6) is 0 Å². The SMILES string of the molecule is Cc1ccc(F)cc1S(=O)(=O)N(CCCl)C1CCCC1. The fourth-order valence-electron chi connectivity index (χ4n) is 2.75. The third kappa shape index (κ3) is 3.15. The molecule has 6 heteroatoms. The molecule has 112 valence electrons. The molecule has 2 rings (SSSR count). The van der Waals surface area contributed by atoms with E-state index in [2.05, 4.69) is 0 Å². The molecule has 0 unspecified atom stereocenters. The highest BCUT2D eigenvalue weighted by Crippen LogP contribution is 2.30. The summed E-state index contributed by atoms with van der Waals surface area (Å²) >= 11 is 5.76. The molecule has 0 amide bonds. The quantitative estimate of drug-likeness (QED) is 0.781. The molecule has 20 heavy (non-hydrogen) atoms. The zero-order valence-corrected chi connectivity index (χ0v) is 13.1. The van der Waals surface area contributed by atoms with Crippen LogP contribution in [0, 0.1) is 12.7 Å². The molecule has 1 saturated carbocycles. The van der Waals surface area contributed by atoms with Crippen LogP contribution in [0.15, 0.2) is 23.1 Å². The first-order valence-electron chi connectivity index (χ1n) is 6.81. The van der Waals surface area contributed by atoms with Gasteiger partial charge < -0.3 is 0 Å². The number of hydrogen-bond donors (Lipinski definition) is 0.